The zero-order chi connectivity index (χ0) is 20.1. The van der Waals surface area contributed by atoms with Crippen LogP contribution in [0.4, 0.5) is 0 Å². The van der Waals surface area contributed by atoms with Crippen LogP contribution in [0.2, 0.25) is 0 Å². The molecule has 0 aliphatic rings. The summed E-state index contributed by atoms with van der Waals surface area (Å²) >= 11 is 0. The maximum atomic E-state index is 13.1. The van der Waals surface area contributed by atoms with E-state index in [4.69, 9.17) is 0 Å². The van der Waals surface area contributed by atoms with Gasteiger partial charge in [-0.3, -0.25) is 4.79 Å². The van der Waals surface area contributed by atoms with E-state index in [1.54, 1.807) is 0 Å². The highest BCUT2D eigenvalue weighted by molar-refractivity contribution is 6.02. The first-order valence-corrected chi connectivity index (χ1v) is 9.65. The Kier molecular flexibility index (Phi) is 5.48. The Bertz CT molecular complexity index is 1110. The number of nitrogens with one attached hydrogen (secondary N) is 1. The minimum atomic E-state index is -0.412. The van der Waals surface area contributed by atoms with E-state index in [2.05, 4.69) is 34.8 Å². The molecule has 0 radical (unpaired) electrons. The molecule has 0 unspecified atom stereocenters. The van der Waals surface area contributed by atoms with Gasteiger partial charge in [0.2, 0.25) is 0 Å². The van der Waals surface area contributed by atoms with Gasteiger partial charge < -0.3 is 0 Å². The molecule has 0 bridgehead atoms. The van der Waals surface area contributed by atoms with Crippen molar-refractivity contribution in [3.63, 3.8) is 0 Å². The maximum Gasteiger partial charge on any atom is 0.252 e. The second-order valence-electron chi connectivity index (χ2n) is 6.99. The van der Waals surface area contributed by atoms with Crippen molar-refractivity contribution in [2.75, 3.05) is 0 Å². The van der Waals surface area contributed by atoms with E-state index in [0.717, 1.165) is 27.8 Å². The number of nitrogens with zero attached hydrogens (tertiary/aromatic N) is 1. The molecule has 0 saturated carbocycles. The van der Waals surface area contributed by atoms with Crippen molar-refractivity contribution in [2.45, 2.75) is 12.8 Å². The first-order chi connectivity index (χ1) is 14.2. The van der Waals surface area contributed by atoms with E-state index in [-0.39, 0.29) is 5.91 Å². The molecule has 29 heavy (non-hydrogen) atoms. The summed E-state index contributed by atoms with van der Waals surface area (Å²) in [4.78, 5) is 13.1. The van der Waals surface area contributed by atoms with Crippen LogP contribution in [-0.4, -0.2) is 11.6 Å². The standard InChI is InChI=1S/C26H22N2O/c1-19(23-17-16-20-10-8-9-15-24(20)18-23)27-28-26(29)25(21-11-4-2-5-12-21)22-13-6-3-7-14-22/h2-18,25H,1H3,(H,28,29). The summed E-state index contributed by atoms with van der Waals surface area (Å²) in [5, 5.41) is 6.72. The first kappa shape index (κ1) is 18.6. The quantitative estimate of drug-likeness (QED) is 0.361. The lowest BCUT2D eigenvalue weighted by Crippen LogP contribution is -2.27. The fraction of sp³-hybridized carbons (Fsp3) is 0.0769. The monoisotopic (exact) mass is 378 g/mol. The Labute approximate surface area is 170 Å². The third-order valence-corrected chi connectivity index (χ3v) is 5.03. The maximum absolute atomic E-state index is 13.1. The van der Waals surface area contributed by atoms with Crippen molar-refractivity contribution in [1.82, 2.24) is 5.43 Å². The van der Waals surface area contributed by atoms with Gasteiger partial charge in [-0.25, -0.2) is 5.43 Å². The summed E-state index contributed by atoms with van der Waals surface area (Å²) in [7, 11) is 0. The predicted octanol–water partition coefficient (Wildman–Crippen LogP) is 5.51. The summed E-state index contributed by atoms with van der Waals surface area (Å²) in [6.45, 7) is 1.91. The first-order valence-electron chi connectivity index (χ1n) is 9.65. The summed E-state index contributed by atoms with van der Waals surface area (Å²) < 4.78 is 0. The summed E-state index contributed by atoms with van der Waals surface area (Å²) in [5.41, 5.74) is 6.41. The Morgan fingerprint density at radius 3 is 1.90 bits per heavy atom. The number of fused-ring (bicyclic) bond motifs is 1. The lowest BCUT2D eigenvalue weighted by atomic mass is 9.91. The van der Waals surface area contributed by atoms with Crippen molar-refractivity contribution in [3.8, 4) is 0 Å². The highest BCUT2D eigenvalue weighted by Crippen LogP contribution is 2.24. The van der Waals surface area contributed by atoms with Crippen molar-refractivity contribution in [2.24, 2.45) is 5.10 Å². The molecule has 4 rings (SSSR count). The Morgan fingerprint density at radius 1 is 0.724 bits per heavy atom. The van der Waals surface area contributed by atoms with Crippen LogP contribution in [0.25, 0.3) is 10.8 Å². The van der Waals surface area contributed by atoms with Gasteiger partial charge in [0.05, 0.1) is 11.6 Å². The molecular weight excluding hydrogens is 356 g/mol. The van der Waals surface area contributed by atoms with Crippen LogP contribution in [0.1, 0.15) is 29.5 Å². The highest BCUT2D eigenvalue weighted by Gasteiger charge is 2.22. The third kappa shape index (κ3) is 4.25. The molecule has 4 aromatic rings. The average Bonchev–Trinajstić information content (AvgIpc) is 2.79. The zero-order valence-electron chi connectivity index (χ0n) is 16.2. The molecule has 0 heterocycles. The number of carbonyl (C=O) groups excluding carboxylic acids is 1. The normalized spacial score (nSPS) is 11.6. The molecule has 3 heteroatoms. The number of carbonyl (C=O) groups is 1. The molecule has 4 aromatic carbocycles. The highest BCUT2D eigenvalue weighted by atomic mass is 16.2. The van der Waals surface area contributed by atoms with Gasteiger partial charge in [0.15, 0.2) is 0 Å². The topological polar surface area (TPSA) is 41.5 Å². The van der Waals surface area contributed by atoms with Crippen LogP contribution in [0.15, 0.2) is 108 Å². The van der Waals surface area contributed by atoms with Crippen LogP contribution in [0.3, 0.4) is 0 Å². The van der Waals surface area contributed by atoms with Crippen molar-refractivity contribution in [3.05, 3.63) is 120 Å². The van der Waals surface area contributed by atoms with Crippen LogP contribution >= 0.6 is 0 Å². The van der Waals surface area contributed by atoms with Gasteiger partial charge in [-0.05, 0) is 40.5 Å². The van der Waals surface area contributed by atoms with Crippen LogP contribution in [0, 0.1) is 0 Å². The van der Waals surface area contributed by atoms with Gasteiger partial charge >= 0.3 is 0 Å². The minimum Gasteiger partial charge on any atom is -0.272 e. The van der Waals surface area contributed by atoms with Crippen LogP contribution < -0.4 is 5.43 Å². The van der Waals surface area contributed by atoms with Crippen LogP contribution in [-0.2, 0) is 4.79 Å². The third-order valence-electron chi connectivity index (χ3n) is 5.03. The lowest BCUT2D eigenvalue weighted by Gasteiger charge is -2.16. The average molecular weight is 378 g/mol. The molecule has 0 atom stereocenters. The smallest absolute Gasteiger partial charge is 0.252 e. The molecular formula is C26H22N2O. The molecule has 3 nitrogen and oxygen atoms in total. The molecule has 0 spiro atoms. The van der Waals surface area contributed by atoms with Gasteiger partial charge in [0, 0.05) is 0 Å². The Hall–Kier alpha value is -3.72. The Balaban J connectivity index is 1.60. The molecule has 0 aliphatic heterocycles. The second-order valence-corrected chi connectivity index (χ2v) is 6.99. The summed E-state index contributed by atoms with van der Waals surface area (Å²) in [6.07, 6.45) is 0. The molecule has 0 fully saturated rings. The van der Waals surface area contributed by atoms with Gasteiger partial charge in [-0.15, -0.1) is 0 Å². The molecule has 1 N–H and O–H groups in total. The van der Waals surface area contributed by atoms with Crippen LogP contribution in [0.5, 0.6) is 0 Å². The molecule has 0 aromatic heterocycles. The van der Waals surface area contributed by atoms with E-state index >= 15 is 0 Å². The SMILES string of the molecule is CC(=NNC(=O)C(c1ccccc1)c1ccccc1)c1ccc2ccccc2c1. The Morgan fingerprint density at radius 2 is 1.28 bits per heavy atom. The number of hydrazone groups is 1. The second kappa shape index (κ2) is 8.53. The molecule has 0 saturated heterocycles. The van der Waals surface area contributed by atoms with E-state index in [1.165, 1.54) is 5.39 Å². The van der Waals surface area contributed by atoms with E-state index < -0.39 is 5.92 Å². The van der Waals surface area contributed by atoms with Gasteiger partial charge in [0.25, 0.3) is 5.91 Å². The van der Waals surface area contributed by atoms with E-state index in [0.29, 0.717) is 0 Å². The molecule has 1 amide bonds. The molecule has 142 valence electrons. The largest absolute Gasteiger partial charge is 0.272 e. The van der Waals surface area contributed by atoms with Gasteiger partial charge in [-0.1, -0.05) is 97.1 Å². The number of hydrogen-bond donors (Lipinski definition) is 1. The molecule has 0 aliphatic carbocycles. The van der Waals surface area contributed by atoms with Gasteiger partial charge in [-0.2, -0.15) is 5.10 Å². The van der Waals surface area contributed by atoms with Gasteiger partial charge in [0.1, 0.15) is 0 Å². The number of hydrogen-bond acceptors (Lipinski definition) is 2. The number of rotatable bonds is 5. The minimum absolute atomic E-state index is 0.150. The van der Waals surface area contributed by atoms with Crippen molar-refractivity contribution in [1.29, 1.82) is 0 Å². The summed E-state index contributed by atoms with van der Waals surface area (Å²) in [5.74, 6) is -0.562. The summed E-state index contributed by atoms with van der Waals surface area (Å²) in [6, 6.07) is 34.0. The number of benzene rings is 4. The fourth-order valence-electron chi connectivity index (χ4n) is 3.47. The fourth-order valence-corrected chi connectivity index (χ4v) is 3.47. The predicted molar refractivity (Wildman–Crippen MR) is 119 cm³/mol. The lowest BCUT2D eigenvalue weighted by molar-refractivity contribution is -0.121. The van der Waals surface area contributed by atoms with E-state index in [1.807, 2.05) is 85.8 Å². The van der Waals surface area contributed by atoms with E-state index in [9.17, 15) is 4.79 Å². The van der Waals surface area contributed by atoms with Crippen molar-refractivity contribution >= 4 is 22.4 Å². The van der Waals surface area contributed by atoms with Crippen molar-refractivity contribution < 1.29 is 4.79 Å². The number of amides is 1. The zero-order valence-corrected chi connectivity index (χ0v) is 16.2.